The maximum atomic E-state index is 13.0. The zero-order chi connectivity index (χ0) is 22.3. The third-order valence-corrected chi connectivity index (χ3v) is 5.67. The van der Waals surface area contributed by atoms with E-state index in [1.165, 1.54) is 4.90 Å². The Kier molecular flexibility index (Phi) is 9.28. The van der Waals surface area contributed by atoms with Gasteiger partial charge in [0.1, 0.15) is 11.8 Å². The molecule has 0 saturated heterocycles. The molecular formula is C22H25Cl3N2O3. The lowest BCUT2D eigenvalue weighted by Crippen LogP contribution is -2.50. The molecule has 2 rings (SSSR count). The van der Waals surface area contributed by atoms with Crippen molar-refractivity contribution in [1.29, 1.82) is 0 Å². The fourth-order valence-electron chi connectivity index (χ4n) is 2.64. The Hall–Kier alpha value is -1.95. The third-order valence-electron chi connectivity index (χ3n) is 4.68. The second kappa shape index (κ2) is 11.4. The quantitative estimate of drug-likeness (QED) is 0.536. The van der Waals surface area contributed by atoms with Gasteiger partial charge >= 0.3 is 0 Å². The highest BCUT2D eigenvalue weighted by atomic mass is 35.5. The highest BCUT2D eigenvalue weighted by Crippen LogP contribution is 2.24. The number of carbonyl (C=O) groups excluding carboxylic acids is 2. The SMILES string of the molecule is CC[C@@H](C)NC(=O)[C@@H](C)N(Cc1ccc(Cl)c(Cl)c1)C(=O)COc1ccc(Cl)cc1. The van der Waals surface area contributed by atoms with Crippen LogP contribution in [0.1, 0.15) is 32.8 Å². The Labute approximate surface area is 192 Å². The second-order valence-electron chi connectivity index (χ2n) is 7.01. The van der Waals surface area contributed by atoms with Crippen molar-refractivity contribution in [3.63, 3.8) is 0 Å². The van der Waals surface area contributed by atoms with Crippen molar-refractivity contribution in [2.45, 2.75) is 45.8 Å². The largest absolute Gasteiger partial charge is 0.484 e. The average Bonchev–Trinajstić information content (AvgIpc) is 2.73. The first-order valence-corrected chi connectivity index (χ1v) is 10.8. The lowest BCUT2D eigenvalue weighted by atomic mass is 10.1. The van der Waals surface area contributed by atoms with Gasteiger partial charge in [-0.1, -0.05) is 47.8 Å². The van der Waals surface area contributed by atoms with Gasteiger partial charge in [0, 0.05) is 17.6 Å². The normalized spacial score (nSPS) is 12.7. The summed E-state index contributed by atoms with van der Waals surface area (Å²) in [5.41, 5.74) is 0.757. The van der Waals surface area contributed by atoms with E-state index in [1.807, 2.05) is 13.8 Å². The Morgan fingerprint density at radius 3 is 2.30 bits per heavy atom. The first kappa shape index (κ1) is 24.3. The van der Waals surface area contributed by atoms with Crippen LogP contribution >= 0.6 is 34.8 Å². The molecule has 0 bridgehead atoms. The molecule has 2 amide bonds. The van der Waals surface area contributed by atoms with Crippen LogP contribution in [-0.2, 0) is 16.1 Å². The van der Waals surface area contributed by atoms with E-state index < -0.39 is 6.04 Å². The monoisotopic (exact) mass is 470 g/mol. The van der Waals surface area contributed by atoms with Crippen molar-refractivity contribution in [3.8, 4) is 5.75 Å². The molecule has 0 heterocycles. The number of nitrogens with zero attached hydrogens (tertiary/aromatic N) is 1. The van der Waals surface area contributed by atoms with Crippen molar-refractivity contribution in [3.05, 3.63) is 63.1 Å². The molecule has 30 heavy (non-hydrogen) atoms. The lowest BCUT2D eigenvalue weighted by molar-refractivity contribution is -0.142. The summed E-state index contributed by atoms with van der Waals surface area (Å²) in [6.45, 7) is 5.56. The van der Waals surface area contributed by atoms with Crippen molar-refractivity contribution >= 4 is 46.6 Å². The Morgan fingerprint density at radius 2 is 1.70 bits per heavy atom. The van der Waals surface area contributed by atoms with Gasteiger partial charge in [-0.2, -0.15) is 0 Å². The summed E-state index contributed by atoms with van der Waals surface area (Å²) < 4.78 is 5.59. The molecule has 0 radical (unpaired) electrons. The molecule has 0 saturated carbocycles. The molecule has 0 fully saturated rings. The minimum Gasteiger partial charge on any atom is -0.484 e. The first-order valence-electron chi connectivity index (χ1n) is 9.63. The molecule has 0 aromatic heterocycles. The van der Waals surface area contributed by atoms with Crippen molar-refractivity contribution < 1.29 is 14.3 Å². The van der Waals surface area contributed by atoms with Crippen LogP contribution in [0.3, 0.4) is 0 Å². The van der Waals surface area contributed by atoms with E-state index in [0.717, 1.165) is 12.0 Å². The summed E-state index contributed by atoms with van der Waals surface area (Å²) in [7, 11) is 0. The average molecular weight is 472 g/mol. The minimum absolute atomic E-state index is 0.00666. The smallest absolute Gasteiger partial charge is 0.261 e. The zero-order valence-corrected chi connectivity index (χ0v) is 19.4. The van der Waals surface area contributed by atoms with Gasteiger partial charge in [-0.25, -0.2) is 0 Å². The summed E-state index contributed by atoms with van der Waals surface area (Å²) in [4.78, 5) is 27.1. The van der Waals surface area contributed by atoms with Crippen LogP contribution in [0, 0.1) is 0 Å². The number of nitrogens with one attached hydrogen (secondary N) is 1. The molecule has 0 aliphatic carbocycles. The van der Waals surface area contributed by atoms with E-state index in [1.54, 1.807) is 49.4 Å². The van der Waals surface area contributed by atoms with E-state index in [2.05, 4.69) is 5.32 Å². The summed E-state index contributed by atoms with van der Waals surface area (Å²) in [6.07, 6.45) is 0.791. The molecule has 2 aromatic rings. The van der Waals surface area contributed by atoms with E-state index >= 15 is 0 Å². The lowest BCUT2D eigenvalue weighted by Gasteiger charge is -2.29. The fourth-order valence-corrected chi connectivity index (χ4v) is 3.09. The maximum absolute atomic E-state index is 13.0. The standard InChI is InChI=1S/C22H25Cl3N2O3/c1-4-14(2)26-22(29)15(3)27(12-16-5-10-19(24)20(25)11-16)21(28)13-30-18-8-6-17(23)7-9-18/h5-11,14-15H,4,12-13H2,1-3H3,(H,26,29)/t14-,15-/m1/s1. The molecule has 0 aliphatic heterocycles. The zero-order valence-electron chi connectivity index (χ0n) is 17.1. The molecule has 1 N–H and O–H groups in total. The molecule has 0 spiro atoms. The van der Waals surface area contributed by atoms with Crippen LogP contribution in [0.15, 0.2) is 42.5 Å². The fraction of sp³-hybridized carbons (Fsp3) is 0.364. The van der Waals surface area contributed by atoms with Gasteiger partial charge in [0.25, 0.3) is 5.91 Å². The Balaban J connectivity index is 2.17. The number of halogens is 3. The van der Waals surface area contributed by atoms with E-state index in [4.69, 9.17) is 39.5 Å². The van der Waals surface area contributed by atoms with E-state index in [9.17, 15) is 9.59 Å². The molecule has 2 aromatic carbocycles. The van der Waals surface area contributed by atoms with Gasteiger partial charge < -0.3 is 15.0 Å². The molecule has 162 valence electrons. The van der Waals surface area contributed by atoms with Gasteiger partial charge in [0.05, 0.1) is 10.0 Å². The molecule has 8 heteroatoms. The second-order valence-corrected chi connectivity index (χ2v) is 8.26. The predicted octanol–water partition coefficient (Wildman–Crippen LogP) is 5.36. The van der Waals surface area contributed by atoms with Crippen LogP contribution in [0.5, 0.6) is 5.75 Å². The highest BCUT2D eigenvalue weighted by molar-refractivity contribution is 6.42. The van der Waals surface area contributed by atoms with Crippen LogP contribution in [0.25, 0.3) is 0 Å². The predicted molar refractivity (Wildman–Crippen MR) is 121 cm³/mol. The van der Waals surface area contributed by atoms with Gasteiger partial charge in [-0.05, 0) is 62.2 Å². The maximum Gasteiger partial charge on any atom is 0.261 e. The number of hydrogen-bond donors (Lipinski definition) is 1. The Morgan fingerprint density at radius 1 is 1.03 bits per heavy atom. The first-order chi connectivity index (χ1) is 14.2. The van der Waals surface area contributed by atoms with Gasteiger partial charge in [-0.3, -0.25) is 9.59 Å². The number of rotatable bonds is 9. The van der Waals surface area contributed by atoms with Gasteiger partial charge in [-0.15, -0.1) is 0 Å². The number of hydrogen-bond acceptors (Lipinski definition) is 3. The molecule has 0 unspecified atom stereocenters. The summed E-state index contributed by atoms with van der Waals surface area (Å²) in [6, 6.07) is 11.1. The molecular weight excluding hydrogens is 447 g/mol. The van der Waals surface area contributed by atoms with Gasteiger partial charge in [0.2, 0.25) is 5.91 Å². The minimum atomic E-state index is -0.699. The van der Waals surface area contributed by atoms with E-state index in [0.29, 0.717) is 20.8 Å². The number of ether oxygens (including phenoxy) is 1. The summed E-state index contributed by atoms with van der Waals surface area (Å²) in [5, 5.41) is 4.30. The van der Waals surface area contributed by atoms with Crippen LogP contribution in [0.2, 0.25) is 15.1 Å². The number of benzene rings is 2. The van der Waals surface area contributed by atoms with Gasteiger partial charge in [0.15, 0.2) is 6.61 Å². The summed E-state index contributed by atoms with van der Waals surface area (Å²) in [5.74, 6) is -0.0500. The van der Waals surface area contributed by atoms with Crippen molar-refractivity contribution in [2.75, 3.05) is 6.61 Å². The molecule has 2 atom stereocenters. The number of amides is 2. The molecule has 5 nitrogen and oxygen atoms in total. The van der Waals surface area contributed by atoms with Crippen LogP contribution in [0.4, 0.5) is 0 Å². The van der Waals surface area contributed by atoms with Crippen LogP contribution in [-0.4, -0.2) is 35.4 Å². The number of carbonyl (C=O) groups is 2. The summed E-state index contributed by atoms with van der Waals surface area (Å²) >= 11 is 18.0. The molecule has 0 aliphatic rings. The van der Waals surface area contributed by atoms with Crippen molar-refractivity contribution in [1.82, 2.24) is 10.2 Å². The van der Waals surface area contributed by atoms with Crippen molar-refractivity contribution in [2.24, 2.45) is 0 Å². The van der Waals surface area contributed by atoms with Crippen LogP contribution < -0.4 is 10.1 Å². The highest BCUT2D eigenvalue weighted by Gasteiger charge is 2.27. The van der Waals surface area contributed by atoms with E-state index in [-0.39, 0.29) is 31.0 Å². The Bertz CT molecular complexity index is 874. The third kappa shape index (κ3) is 7.08. The topological polar surface area (TPSA) is 58.6 Å².